The van der Waals surface area contributed by atoms with Crippen LogP contribution in [0.3, 0.4) is 0 Å². The zero-order valence-electron chi connectivity index (χ0n) is 2.41. The molecular weight excluding hydrogens is 77.0 g/mol. The van der Waals surface area contributed by atoms with Gasteiger partial charge in [0, 0.05) is 6.92 Å². The number of carbonyl (C=O) groups excluding carboxylic acids is 1. The molecule has 0 aromatic heterocycles. The predicted molar refractivity (Wildman–Crippen MR) is 20.9 cm³/mol. The van der Waals surface area contributed by atoms with E-state index in [4.69, 9.17) is 10.5 Å². The van der Waals surface area contributed by atoms with Crippen LogP contribution in [0.1, 0.15) is 6.92 Å². The average Bonchev–Trinajstić information content (AvgIpc) is 0.811. The third kappa shape index (κ3) is 123. The van der Waals surface area contributed by atoms with E-state index in [1.165, 1.54) is 6.92 Å². The van der Waals surface area contributed by atoms with E-state index in [0.717, 1.165) is 0 Å². The number of hydrogen-bond acceptors (Lipinski definition) is 1. The van der Waals surface area contributed by atoms with Crippen LogP contribution in [0.25, 0.3) is 0 Å². The minimum absolute atomic E-state index is 0. The Bertz CT molecular complexity index is 32.6. The number of amides is 1. The van der Waals surface area contributed by atoms with Gasteiger partial charge < -0.3 is 0 Å². The molecule has 0 aromatic rings. The van der Waals surface area contributed by atoms with Crippen LogP contribution in [0.2, 0.25) is 0 Å². The Morgan fingerprint density at radius 1 is 1.80 bits per heavy atom. The molecule has 0 spiro atoms. The van der Waals surface area contributed by atoms with Crippen LogP contribution in [0.5, 0.6) is 0 Å². The van der Waals surface area contributed by atoms with Crippen LogP contribution in [-0.2, 0) is 4.79 Å². The van der Waals surface area contributed by atoms with Crippen LogP contribution >= 0.6 is 0 Å². The third-order valence-corrected chi connectivity index (χ3v) is 0. The minimum atomic E-state index is -0.583. The van der Waals surface area contributed by atoms with E-state index in [1.807, 2.05) is 0 Å². The molecule has 1 amide bonds. The number of nitrogens with one attached hydrogen (secondary N) is 1. The number of rotatable bonds is 0. The maximum atomic E-state index is 9.11. The Morgan fingerprint density at radius 2 is 1.80 bits per heavy atom. The molecule has 0 saturated carbocycles. The molecule has 25 valence electrons. The van der Waals surface area contributed by atoms with E-state index in [2.05, 4.69) is 0 Å². The molecule has 5 heavy (non-hydrogen) atoms. The molecule has 0 saturated heterocycles. The summed E-state index contributed by atoms with van der Waals surface area (Å²) in [5.41, 5.74) is 5.94. The van der Waals surface area contributed by atoms with Gasteiger partial charge in [-0.05, 0) is 0 Å². The second-order valence-corrected chi connectivity index (χ2v) is 0.556. The van der Waals surface area contributed by atoms with Crippen molar-refractivity contribution in [2.24, 2.45) is 0 Å². The molecule has 1 radical (unpaired) electrons. The first-order valence-electron chi connectivity index (χ1n) is 0.954. The van der Waals surface area contributed by atoms with Crippen molar-refractivity contribution in [1.82, 2.24) is 5.73 Å². The van der Waals surface area contributed by atoms with E-state index in [-0.39, 0.29) is 29.6 Å². The number of carbonyl (C=O) groups is 1. The summed E-state index contributed by atoms with van der Waals surface area (Å²) in [4.78, 5) is 9.11. The molecule has 1 N–H and O–H groups in total. The van der Waals surface area contributed by atoms with Crippen LogP contribution < -0.4 is 5.73 Å². The van der Waals surface area contributed by atoms with Crippen LogP contribution in [0.15, 0.2) is 0 Å². The molecule has 2 nitrogen and oxygen atoms in total. The summed E-state index contributed by atoms with van der Waals surface area (Å²) < 4.78 is 0. The molecule has 0 unspecified atom stereocenters. The van der Waals surface area contributed by atoms with E-state index in [9.17, 15) is 0 Å². The van der Waals surface area contributed by atoms with Gasteiger partial charge in [-0.3, -0.25) is 10.5 Å². The van der Waals surface area contributed by atoms with Crippen molar-refractivity contribution in [2.75, 3.05) is 0 Å². The molecule has 0 aliphatic heterocycles. The summed E-state index contributed by atoms with van der Waals surface area (Å²) in [5.74, 6) is -0.583. The number of hydrogen-bond donors (Lipinski definition) is 0. The second kappa shape index (κ2) is 4.47. The van der Waals surface area contributed by atoms with Gasteiger partial charge in [0.2, 0.25) is 5.91 Å². The van der Waals surface area contributed by atoms with Crippen LogP contribution in [-0.4, -0.2) is 35.5 Å². The maximum absolute atomic E-state index is 9.11. The summed E-state index contributed by atoms with van der Waals surface area (Å²) in [5, 5.41) is 0. The van der Waals surface area contributed by atoms with Gasteiger partial charge in [-0.1, -0.05) is 0 Å². The van der Waals surface area contributed by atoms with Gasteiger partial charge in [0.1, 0.15) is 0 Å². The normalized spacial score (nSPS) is 5.00. The quantitative estimate of drug-likeness (QED) is 0.351. The van der Waals surface area contributed by atoms with Gasteiger partial charge in [-0.15, -0.1) is 0 Å². The molecule has 3 heteroatoms. The fourth-order valence-electron chi connectivity index (χ4n) is 0. The van der Waals surface area contributed by atoms with Gasteiger partial charge >= 0.3 is 29.6 Å². The van der Waals surface area contributed by atoms with Crippen molar-refractivity contribution >= 4 is 35.5 Å². The average molecular weight is 82.1 g/mol. The first kappa shape index (κ1) is 9.08. The molecule has 0 bridgehead atoms. The van der Waals surface area contributed by atoms with Gasteiger partial charge in [-0.25, -0.2) is 0 Å². The second-order valence-electron chi connectivity index (χ2n) is 0.556. The standard InChI is InChI=1S/C2H4NO.Na.H/c1-2(3)4;;/h3H,1H3;;. The van der Waals surface area contributed by atoms with E-state index in [0.29, 0.717) is 0 Å². The van der Waals surface area contributed by atoms with Crippen molar-refractivity contribution in [3.63, 3.8) is 0 Å². The van der Waals surface area contributed by atoms with Gasteiger partial charge in [-0.2, -0.15) is 0 Å². The Morgan fingerprint density at radius 3 is 1.80 bits per heavy atom. The van der Waals surface area contributed by atoms with E-state index in [1.54, 1.807) is 0 Å². The first-order valence-corrected chi connectivity index (χ1v) is 0.954. The van der Waals surface area contributed by atoms with E-state index < -0.39 is 5.91 Å². The molecule has 0 fully saturated rings. The summed E-state index contributed by atoms with van der Waals surface area (Å²) in [6.07, 6.45) is 0. The molecule has 0 atom stereocenters. The Balaban J connectivity index is 0. The molecule has 0 rings (SSSR count). The fourth-order valence-corrected chi connectivity index (χ4v) is 0. The fraction of sp³-hybridized carbons (Fsp3) is 0.500. The van der Waals surface area contributed by atoms with Crippen LogP contribution in [0.4, 0.5) is 0 Å². The summed E-state index contributed by atoms with van der Waals surface area (Å²) in [6.45, 7) is 1.19. The topological polar surface area (TPSA) is 40.9 Å². The monoisotopic (exact) mass is 82.0 g/mol. The summed E-state index contributed by atoms with van der Waals surface area (Å²) >= 11 is 0. The van der Waals surface area contributed by atoms with Crippen molar-refractivity contribution in [2.45, 2.75) is 6.92 Å². The van der Waals surface area contributed by atoms with Gasteiger partial charge in [0.15, 0.2) is 0 Å². The molecular formula is C2H5NNaO. The van der Waals surface area contributed by atoms with Crippen LogP contribution in [0, 0.1) is 0 Å². The molecule has 0 heterocycles. The summed E-state index contributed by atoms with van der Waals surface area (Å²) in [6, 6.07) is 0. The first-order chi connectivity index (χ1) is 1.73. The Hall–Kier alpha value is 0.470. The van der Waals surface area contributed by atoms with Gasteiger partial charge in [0.25, 0.3) is 0 Å². The van der Waals surface area contributed by atoms with Crippen molar-refractivity contribution in [3.05, 3.63) is 0 Å². The van der Waals surface area contributed by atoms with E-state index >= 15 is 0 Å². The SMILES string of the molecule is CC([NH])=O.[NaH]. The summed E-state index contributed by atoms with van der Waals surface area (Å²) in [7, 11) is 0. The Labute approximate surface area is 53.0 Å². The molecule has 0 aliphatic rings. The zero-order chi connectivity index (χ0) is 3.58. The predicted octanol–water partition coefficient (Wildman–Crippen LogP) is -0.833. The van der Waals surface area contributed by atoms with Crippen molar-refractivity contribution < 1.29 is 4.79 Å². The molecule has 0 aromatic carbocycles. The third-order valence-electron chi connectivity index (χ3n) is 0. The Kier molecular flexibility index (Phi) is 8.11. The van der Waals surface area contributed by atoms with Crippen molar-refractivity contribution in [1.29, 1.82) is 0 Å². The zero-order valence-corrected chi connectivity index (χ0v) is 2.41. The van der Waals surface area contributed by atoms with Crippen molar-refractivity contribution in [3.8, 4) is 0 Å². The van der Waals surface area contributed by atoms with Gasteiger partial charge in [0.05, 0.1) is 0 Å². The molecule has 0 aliphatic carbocycles.